The highest BCUT2D eigenvalue weighted by Gasteiger charge is 2.14. The smallest absolute Gasteiger partial charge is 0.0725 e. The van der Waals surface area contributed by atoms with E-state index in [0.717, 1.165) is 61.6 Å². The molecule has 0 radical (unpaired) electrons. The van der Waals surface area contributed by atoms with Gasteiger partial charge in [-0.1, -0.05) is 90.5 Å². The lowest BCUT2D eigenvalue weighted by molar-refractivity contribution is 1.04. The molecule has 5 aromatic heterocycles. The van der Waals surface area contributed by atoms with E-state index in [1.54, 1.807) is 24.8 Å². The van der Waals surface area contributed by atoms with Crippen molar-refractivity contribution in [2.24, 2.45) is 0 Å². The second-order valence-corrected chi connectivity index (χ2v) is 13.4. The lowest BCUT2D eigenvalue weighted by Crippen LogP contribution is -2.00. The molecule has 6 nitrogen and oxygen atoms in total. The average Bonchev–Trinajstić information content (AvgIpc) is 3.27. The molecule has 6 heteroatoms. The maximum Gasteiger partial charge on any atom is 0.0725 e. The van der Waals surface area contributed by atoms with Gasteiger partial charge in [-0.05, 0) is 104 Å². The van der Waals surface area contributed by atoms with Crippen LogP contribution in [0.4, 0.5) is 0 Å². The summed E-state index contributed by atoms with van der Waals surface area (Å²) in [5.41, 5.74) is 11.0. The summed E-state index contributed by atoms with van der Waals surface area (Å²) in [4.78, 5) is 22.6. The van der Waals surface area contributed by atoms with E-state index in [1.165, 1.54) is 32.3 Å². The van der Waals surface area contributed by atoms with Gasteiger partial charge in [0.2, 0.25) is 0 Å². The first kappa shape index (κ1) is 31.4. The normalized spacial score (nSPS) is 13.9. The zero-order chi connectivity index (χ0) is 35.8. The number of aromatic nitrogens is 5. The van der Waals surface area contributed by atoms with Gasteiger partial charge >= 0.3 is 0 Å². The summed E-state index contributed by atoms with van der Waals surface area (Å²) < 4.78 is 0. The third-order valence-electron chi connectivity index (χ3n) is 10.2. The highest BCUT2D eigenvalue weighted by molar-refractivity contribution is 6.25. The molecule has 1 aliphatic rings. The van der Waals surface area contributed by atoms with Gasteiger partial charge in [0.25, 0.3) is 0 Å². The molecule has 0 spiro atoms. The van der Waals surface area contributed by atoms with Crippen LogP contribution in [0, 0.1) is 0 Å². The zero-order valence-electron chi connectivity index (χ0n) is 29.1. The number of benzene rings is 4. The molecule has 6 heterocycles. The minimum atomic E-state index is -0.140. The van der Waals surface area contributed by atoms with Crippen molar-refractivity contribution < 1.29 is 0 Å². The van der Waals surface area contributed by atoms with Crippen molar-refractivity contribution in [1.29, 1.82) is 0 Å². The van der Waals surface area contributed by atoms with Crippen molar-refractivity contribution in [3.8, 4) is 44.8 Å². The highest BCUT2D eigenvalue weighted by Crippen LogP contribution is 2.42. The van der Waals surface area contributed by atoms with E-state index in [4.69, 9.17) is 10.3 Å². The first-order valence-electron chi connectivity index (χ1n) is 17.9. The SMILES string of the molecule is C1=CC(c2ccc3c4ccccc4c4ccc(-c5cccc(-c6cncc(-c7ccncc7)c6)n5)cc4c3c2)[N-]C(c2cncc(-c3ccncc3)c2)=C1. The molecule has 10 rings (SSSR count). The van der Waals surface area contributed by atoms with E-state index in [1.807, 2.05) is 55.1 Å². The molecule has 4 aromatic carbocycles. The van der Waals surface area contributed by atoms with Crippen LogP contribution in [-0.2, 0) is 0 Å². The van der Waals surface area contributed by atoms with Gasteiger partial charge in [0, 0.05) is 71.8 Å². The molecular formula is C48H31N6-. The predicted octanol–water partition coefficient (Wildman–Crippen LogP) is 11.8. The number of hydrogen-bond donors (Lipinski definition) is 0. The largest absolute Gasteiger partial charge is 0.674 e. The van der Waals surface area contributed by atoms with Crippen LogP contribution in [0.15, 0.2) is 183 Å². The third-order valence-corrected chi connectivity index (χ3v) is 10.2. The van der Waals surface area contributed by atoms with E-state index in [2.05, 4.69) is 123 Å². The number of fused-ring (bicyclic) bond motifs is 6. The Morgan fingerprint density at radius 2 is 0.981 bits per heavy atom. The maximum absolute atomic E-state index is 5.24. The van der Waals surface area contributed by atoms with Crippen molar-refractivity contribution >= 4 is 38.0 Å². The predicted molar refractivity (Wildman–Crippen MR) is 219 cm³/mol. The Kier molecular flexibility index (Phi) is 7.77. The summed E-state index contributed by atoms with van der Waals surface area (Å²) >= 11 is 0. The van der Waals surface area contributed by atoms with Crippen molar-refractivity contribution in [2.45, 2.75) is 6.04 Å². The van der Waals surface area contributed by atoms with Crippen molar-refractivity contribution in [3.63, 3.8) is 0 Å². The number of hydrogen-bond acceptors (Lipinski definition) is 5. The van der Waals surface area contributed by atoms with Crippen LogP contribution in [0.25, 0.3) is 88.1 Å². The maximum atomic E-state index is 5.24. The Labute approximate surface area is 312 Å². The van der Waals surface area contributed by atoms with Gasteiger partial charge in [0.1, 0.15) is 0 Å². The van der Waals surface area contributed by atoms with Gasteiger partial charge in [-0.2, -0.15) is 0 Å². The molecule has 254 valence electrons. The second-order valence-electron chi connectivity index (χ2n) is 13.4. The highest BCUT2D eigenvalue weighted by atomic mass is 14.9. The van der Waals surface area contributed by atoms with Crippen LogP contribution < -0.4 is 0 Å². The molecule has 0 bridgehead atoms. The first-order chi connectivity index (χ1) is 26.7. The quantitative estimate of drug-likeness (QED) is 0.162. The number of allylic oxidation sites excluding steroid dienone is 2. The van der Waals surface area contributed by atoms with Crippen LogP contribution in [-0.4, -0.2) is 24.9 Å². The zero-order valence-corrected chi connectivity index (χ0v) is 29.1. The summed E-state index contributed by atoms with van der Waals surface area (Å²) in [5.74, 6) is 0. The summed E-state index contributed by atoms with van der Waals surface area (Å²) in [6.07, 6.45) is 21.0. The van der Waals surface area contributed by atoms with Gasteiger partial charge < -0.3 is 5.32 Å². The lowest BCUT2D eigenvalue weighted by atomic mass is 9.90. The molecule has 0 fully saturated rings. The summed E-state index contributed by atoms with van der Waals surface area (Å²) in [7, 11) is 0. The molecular weight excluding hydrogens is 661 g/mol. The standard InChI is InChI=1S/C48H31N6/c1-2-6-40-39(5-1)41-13-11-33(45-7-3-9-47(53-45)37-23-35(27-51-29-37)31-15-19-49-20-16-31)25-43(41)44-26-34(12-14-42(40)44)46-8-4-10-48(54-46)38-24-36(28-52-30-38)32-17-21-50-22-18-32/h1-30,45H/q-1. The van der Waals surface area contributed by atoms with E-state index in [9.17, 15) is 0 Å². The van der Waals surface area contributed by atoms with Crippen molar-refractivity contribution in [2.75, 3.05) is 0 Å². The first-order valence-corrected chi connectivity index (χ1v) is 17.9. The van der Waals surface area contributed by atoms with Gasteiger partial charge in [-0.15, -0.1) is 5.70 Å². The molecule has 0 saturated heterocycles. The number of rotatable bonds is 6. The van der Waals surface area contributed by atoms with Gasteiger partial charge in [-0.3, -0.25) is 19.9 Å². The van der Waals surface area contributed by atoms with Gasteiger partial charge in [-0.25, -0.2) is 4.98 Å². The topological polar surface area (TPSA) is 78.5 Å². The minimum absolute atomic E-state index is 0.140. The molecule has 0 amide bonds. The summed E-state index contributed by atoms with van der Waals surface area (Å²) in [5, 5.41) is 12.5. The molecule has 54 heavy (non-hydrogen) atoms. The Bertz CT molecular complexity index is 2920. The minimum Gasteiger partial charge on any atom is -0.674 e. The van der Waals surface area contributed by atoms with Crippen molar-refractivity contribution in [1.82, 2.24) is 24.9 Å². The van der Waals surface area contributed by atoms with E-state index in [-0.39, 0.29) is 6.04 Å². The van der Waals surface area contributed by atoms with Gasteiger partial charge in [0.15, 0.2) is 0 Å². The van der Waals surface area contributed by atoms with Crippen LogP contribution >= 0.6 is 0 Å². The molecule has 1 aliphatic heterocycles. The fourth-order valence-corrected chi connectivity index (χ4v) is 7.48. The number of nitrogens with zero attached hydrogens (tertiary/aromatic N) is 6. The molecule has 1 atom stereocenters. The van der Waals surface area contributed by atoms with E-state index in [0.29, 0.717) is 0 Å². The van der Waals surface area contributed by atoms with Crippen LogP contribution in [0.5, 0.6) is 0 Å². The van der Waals surface area contributed by atoms with Crippen LogP contribution in [0.3, 0.4) is 0 Å². The third kappa shape index (κ3) is 5.76. The number of pyridine rings is 5. The molecule has 1 unspecified atom stereocenters. The van der Waals surface area contributed by atoms with E-state index >= 15 is 0 Å². The Morgan fingerprint density at radius 1 is 0.407 bits per heavy atom. The second kappa shape index (κ2) is 13.3. The Hall–Kier alpha value is -7.31. The monoisotopic (exact) mass is 691 g/mol. The molecule has 0 N–H and O–H groups in total. The van der Waals surface area contributed by atoms with E-state index < -0.39 is 0 Å². The molecule has 0 saturated carbocycles. The summed E-state index contributed by atoms with van der Waals surface area (Å²) in [6.45, 7) is 0. The molecule has 9 aromatic rings. The van der Waals surface area contributed by atoms with Crippen molar-refractivity contribution in [3.05, 3.63) is 200 Å². The fraction of sp³-hybridized carbons (Fsp3) is 0.0208. The molecule has 0 aliphatic carbocycles. The Morgan fingerprint density at radius 3 is 1.69 bits per heavy atom. The lowest BCUT2D eigenvalue weighted by Gasteiger charge is -2.36. The van der Waals surface area contributed by atoms with Gasteiger partial charge in [0.05, 0.1) is 11.4 Å². The van der Waals surface area contributed by atoms with Crippen LogP contribution in [0.2, 0.25) is 0 Å². The fourth-order valence-electron chi connectivity index (χ4n) is 7.48. The Balaban J connectivity index is 1.04. The summed E-state index contributed by atoms with van der Waals surface area (Å²) in [6, 6.07) is 40.5. The average molecular weight is 692 g/mol. The van der Waals surface area contributed by atoms with Crippen LogP contribution in [0.1, 0.15) is 17.2 Å².